The molecule has 0 saturated heterocycles. The number of anilines is 2. The predicted molar refractivity (Wildman–Crippen MR) is 105 cm³/mol. The zero-order valence-electron chi connectivity index (χ0n) is 14.9. The number of carbonyl (C=O) groups is 1. The second-order valence-corrected chi connectivity index (χ2v) is 6.29. The number of hydrogen-bond acceptors (Lipinski definition) is 4. The Labute approximate surface area is 157 Å². The van der Waals surface area contributed by atoms with Crippen LogP contribution in [0.3, 0.4) is 0 Å². The van der Waals surface area contributed by atoms with Gasteiger partial charge in [-0.05, 0) is 61.0 Å². The number of ether oxygens (including phenoxy) is 1. The molecule has 5 nitrogen and oxygen atoms in total. The van der Waals surface area contributed by atoms with Crippen molar-refractivity contribution in [1.29, 1.82) is 0 Å². The van der Waals surface area contributed by atoms with E-state index in [0.29, 0.717) is 12.2 Å². The van der Waals surface area contributed by atoms with Crippen molar-refractivity contribution in [3.63, 3.8) is 0 Å². The Hall–Kier alpha value is -3.47. The van der Waals surface area contributed by atoms with Gasteiger partial charge in [0, 0.05) is 11.4 Å². The molecule has 1 amide bonds. The lowest BCUT2D eigenvalue weighted by atomic mass is 10.0. The zero-order chi connectivity index (χ0) is 18.8. The van der Waals surface area contributed by atoms with E-state index in [1.54, 1.807) is 23.1 Å². The summed E-state index contributed by atoms with van der Waals surface area (Å²) >= 11 is 0. The van der Waals surface area contributed by atoms with Gasteiger partial charge in [0.05, 0.1) is 12.2 Å². The Bertz CT molecular complexity index is 969. The molecular weight excluding hydrogens is 340 g/mol. The summed E-state index contributed by atoms with van der Waals surface area (Å²) in [5.74, 6) is 0.821. The van der Waals surface area contributed by atoms with Gasteiger partial charge < -0.3 is 15.2 Å². The summed E-state index contributed by atoms with van der Waals surface area (Å²) in [6.45, 7) is 2.52. The van der Waals surface area contributed by atoms with Gasteiger partial charge in [0.1, 0.15) is 17.7 Å². The van der Waals surface area contributed by atoms with Crippen LogP contribution in [0.2, 0.25) is 0 Å². The number of rotatable bonds is 4. The molecule has 1 atom stereocenters. The van der Waals surface area contributed by atoms with E-state index in [1.807, 2.05) is 61.5 Å². The average molecular weight is 360 g/mol. The minimum absolute atomic E-state index is 0.0955. The van der Waals surface area contributed by atoms with Crippen molar-refractivity contribution >= 4 is 17.3 Å². The normalized spacial score (nSPS) is 15.8. The second-order valence-electron chi connectivity index (χ2n) is 6.29. The fraction of sp³-hybridized carbons (Fsp3) is 0.136. The van der Waals surface area contributed by atoms with Crippen molar-refractivity contribution < 1.29 is 14.6 Å². The fourth-order valence-corrected chi connectivity index (χ4v) is 3.32. The number of benzene rings is 3. The van der Waals surface area contributed by atoms with Gasteiger partial charge >= 0.3 is 0 Å². The number of hydrogen-bond donors (Lipinski definition) is 2. The maximum atomic E-state index is 13.3. The molecule has 27 heavy (non-hydrogen) atoms. The molecule has 5 heteroatoms. The van der Waals surface area contributed by atoms with Crippen LogP contribution in [0.15, 0.2) is 72.8 Å². The van der Waals surface area contributed by atoms with Crippen LogP contribution in [0.5, 0.6) is 11.5 Å². The first-order valence-electron chi connectivity index (χ1n) is 8.88. The highest BCUT2D eigenvalue weighted by Crippen LogP contribution is 2.37. The van der Waals surface area contributed by atoms with E-state index in [4.69, 9.17) is 4.74 Å². The molecule has 3 aromatic rings. The molecule has 0 spiro atoms. The van der Waals surface area contributed by atoms with Gasteiger partial charge in [-0.1, -0.05) is 24.3 Å². The van der Waals surface area contributed by atoms with Crippen LogP contribution in [-0.2, 0) is 0 Å². The van der Waals surface area contributed by atoms with Crippen LogP contribution in [0, 0.1) is 0 Å². The molecule has 3 aromatic carbocycles. The molecule has 4 rings (SSSR count). The lowest BCUT2D eigenvalue weighted by molar-refractivity contribution is 0.0975. The maximum absolute atomic E-state index is 13.3. The molecule has 0 radical (unpaired) electrons. The number of phenols is 1. The molecule has 0 aliphatic carbocycles. The number of nitrogens with one attached hydrogen (secondary N) is 1. The molecule has 0 unspecified atom stereocenters. The lowest BCUT2D eigenvalue weighted by Crippen LogP contribution is -2.43. The maximum Gasteiger partial charge on any atom is 0.262 e. The van der Waals surface area contributed by atoms with Crippen LogP contribution >= 0.6 is 0 Å². The van der Waals surface area contributed by atoms with Crippen molar-refractivity contribution in [2.24, 2.45) is 0 Å². The molecule has 0 bridgehead atoms. The third kappa shape index (κ3) is 3.19. The topological polar surface area (TPSA) is 61.8 Å². The van der Waals surface area contributed by atoms with Gasteiger partial charge in [-0.15, -0.1) is 0 Å². The third-order valence-corrected chi connectivity index (χ3v) is 4.54. The van der Waals surface area contributed by atoms with Crippen LogP contribution in [0.4, 0.5) is 11.4 Å². The Morgan fingerprint density at radius 1 is 1.04 bits per heavy atom. The van der Waals surface area contributed by atoms with E-state index >= 15 is 0 Å². The Balaban J connectivity index is 1.80. The van der Waals surface area contributed by atoms with Crippen molar-refractivity contribution in [2.45, 2.75) is 13.1 Å². The molecule has 1 heterocycles. The van der Waals surface area contributed by atoms with E-state index < -0.39 is 6.17 Å². The van der Waals surface area contributed by atoms with Gasteiger partial charge in [0.2, 0.25) is 0 Å². The number of fused-ring (bicyclic) bond motifs is 1. The van der Waals surface area contributed by atoms with Gasteiger partial charge in [0.15, 0.2) is 0 Å². The fourth-order valence-electron chi connectivity index (χ4n) is 3.32. The first kappa shape index (κ1) is 17.0. The van der Waals surface area contributed by atoms with Crippen molar-refractivity contribution in [2.75, 3.05) is 16.8 Å². The van der Waals surface area contributed by atoms with Gasteiger partial charge in [-0.25, -0.2) is 0 Å². The highest BCUT2D eigenvalue weighted by Gasteiger charge is 2.34. The number of carbonyl (C=O) groups excluding carboxylic acids is 1. The molecule has 136 valence electrons. The van der Waals surface area contributed by atoms with Crippen molar-refractivity contribution in [1.82, 2.24) is 0 Å². The number of aromatic hydroxyl groups is 1. The van der Waals surface area contributed by atoms with Crippen molar-refractivity contribution in [3.05, 3.63) is 83.9 Å². The zero-order valence-corrected chi connectivity index (χ0v) is 14.9. The van der Waals surface area contributed by atoms with Crippen LogP contribution in [-0.4, -0.2) is 17.6 Å². The van der Waals surface area contributed by atoms with E-state index in [1.165, 1.54) is 0 Å². The Morgan fingerprint density at radius 2 is 1.81 bits per heavy atom. The summed E-state index contributed by atoms with van der Waals surface area (Å²) < 4.78 is 5.51. The standard InChI is InChI=1S/C22H20N2O3/c1-2-27-18-12-10-16(11-13-18)24-21(15-6-5-7-17(25)14-15)23-20-9-4-3-8-19(20)22(24)26/h3-14,21,23,25H,2H2,1H3/t21-/m0/s1. The molecule has 1 aliphatic heterocycles. The van der Waals surface area contributed by atoms with E-state index in [-0.39, 0.29) is 11.7 Å². The minimum Gasteiger partial charge on any atom is -0.508 e. The Morgan fingerprint density at radius 3 is 2.56 bits per heavy atom. The van der Waals surface area contributed by atoms with E-state index in [0.717, 1.165) is 22.7 Å². The highest BCUT2D eigenvalue weighted by atomic mass is 16.5. The lowest BCUT2D eigenvalue weighted by Gasteiger charge is -2.38. The summed E-state index contributed by atoms with van der Waals surface area (Å²) in [6.07, 6.45) is -0.433. The van der Waals surface area contributed by atoms with Gasteiger partial charge in [-0.3, -0.25) is 9.69 Å². The van der Waals surface area contributed by atoms with Gasteiger partial charge in [0.25, 0.3) is 5.91 Å². The number of amides is 1. The van der Waals surface area contributed by atoms with E-state index in [2.05, 4.69) is 5.32 Å². The third-order valence-electron chi connectivity index (χ3n) is 4.54. The summed E-state index contributed by atoms with van der Waals surface area (Å²) in [5, 5.41) is 13.3. The SMILES string of the molecule is CCOc1ccc(N2C(=O)c3ccccc3N[C@@H]2c2cccc(O)c2)cc1. The number of nitrogens with zero attached hydrogens (tertiary/aromatic N) is 1. The molecule has 0 fully saturated rings. The summed E-state index contributed by atoms with van der Waals surface area (Å²) in [5.41, 5.74) is 2.94. The van der Waals surface area contributed by atoms with E-state index in [9.17, 15) is 9.90 Å². The first-order chi connectivity index (χ1) is 13.2. The largest absolute Gasteiger partial charge is 0.508 e. The molecular formula is C22H20N2O3. The van der Waals surface area contributed by atoms with Crippen LogP contribution < -0.4 is 15.0 Å². The molecule has 0 aromatic heterocycles. The summed E-state index contributed by atoms with van der Waals surface area (Å²) in [4.78, 5) is 15.0. The molecule has 0 saturated carbocycles. The van der Waals surface area contributed by atoms with Crippen LogP contribution in [0.25, 0.3) is 0 Å². The highest BCUT2D eigenvalue weighted by molar-refractivity contribution is 6.12. The average Bonchev–Trinajstić information content (AvgIpc) is 2.69. The second kappa shape index (κ2) is 7.03. The van der Waals surface area contributed by atoms with Gasteiger partial charge in [-0.2, -0.15) is 0 Å². The number of para-hydroxylation sites is 1. The smallest absolute Gasteiger partial charge is 0.262 e. The quantitative estimate of drug-likeness (QED) is 0.716. The molecule has 1 aliphatic rings. The summed E-state index contributed by atoms with van der Waals surface area (Å²) in [6, 6.07) is 21.8. The number of phenolic OH excluding ortho intramolecular Hbond substituents is 1. The Kier molecular flexibility index (Phi) is 4.42. The monoisotopic (exact) mass is 360 g/mol. The first-order valence-corrected chi connectivity index (χ1v) is 8.88. The molecule has 2 N–H and O–H groups in total. The van der Waals surface area contributed by atoms with Crippen LogP contribution in [0.1, 0.15) is 29.0 Å². The van der Waals surface area contributed by atoms with Crippen molar-refractivity contribution in [3.8, 4) is 11.5 Å². The minimum atomic E-state index is -0.433. The predicted octanol–water partition coefficient (Wildman–Crippen LogP) is 4.56. The summed E-state index contributed by atoms with van der Waals surface area (Å²) in [7, 11) is 0.